The second kappa shape index (κ2) is 5.39. The fourth-order valence-corrected chi connectivity index (χ4v) is 1.87. The van der Waals surface area contributed by atoms with Crippen LogP contribution in [0.1, 0.15) is 5.56 Å². The molecule has 0 spiro atoms. The van der Waals surface area contributed by atoms with Crippen LogP contribution in [0, 0.1) is 0 Å². The van der Waals surface area contributed by atoms with E-state index in [1.807, 2.05) is 66.8 Å². The van der Waals surface area contributed by atoms with E-state index < -0.39 is 0 Å². The van der Waals surface area contributed by atoms with Gasteiger partial charge in [0.2, 0.25) is 0 Å². The van der Waals surface area contributed by atoms with Gasteiger partial charge in [-0.05, 0) is 54.1 Å². The maximum Gasteiger partial charge on any atom is 0.0858 e. The van der Waals surface area contributed by atoms with Gasteiger partial charge in [0, 0.05) is 11.3 Å². The smallest absolute Gasteiger partial charge is 0.0858 e. The normalized spacial score (nSPS) is 13.1. The first kappa shape index (κ1) is 12.2. The summed E-state index contributed by atoms with van der Waals surface area (Å²) in [6.45, 7) is 0. The van der Waals surface area contributed by atoms with Crippen molar-refractivity contribution in [1.29, 1.82) is 0 Å². The van der Waals surface area contributed by atoms with Gasteiger partial charge < -0.3 is 5.73 Å². The Bertz CT molecular complexity index is 729. The molecule has 0 unspecified atom stereocenters. The van der Waals surface area contributed by atoms with Crippen LogP contribution in [0.5, 0.6) is 0 Å². The molecule has 2 N–H and O–H groups in total. The molecule has 0 fully saturated rings. The second-order valence-electron chi connectivity index (χ2n) is 4.42. The predicted molar refractivity (Wildman–Crippen MR) is 82.1 cm³/mol. The maximum atomic E-state index is 5.62. The van der Waals surface area contributed by atoms with Gasteiger partial charge in [-0.2, -0.15) is 10.2 Å². The van der Waals surface area contributed by atoms with E-state index in [2.05, 4.69) is 16.0 Å². The van der Waals surface area contributed by atoms with Crippen molar-refractivity contribution in [1.82, 2.24) is 0 Å². The molecule has 1 aliphatic carbocycles. The molecule has 0 radical (unpaired) electrons. The van der Waals surface area contributed by atoms with E-state index in [9.17, 15) is 0 Å². The largest absolute Gasteiger partial charge is 0.399 e. The van der Waals surface area contributed by atoms with Crippen LogP contribution in [0.25, 0.3) is 5.57 Å². The molecular weight excluding hydrogens is 246 g/mol. The van der Waals surface area contributed by atoms with Crippen molar-refractivity contribution < 1.29 is 0 Å². The van der Waals surface area contributed by atoms with Gasteiger partial charge in [0.1, 0.15) is 0 Å². The summed E-state index contributed by atoms with van der Waals surface area (Å²) in [6, 6.07) is 15.2. The molecule has 3 heteroatoms. The SMILES string of the molecule is Nc1ccc(N=Nc2ccc(C3=C=CC=C3)cc2)cc1. The molecular formula is C17H13N3. The number of azo groups is 1. The van der Waals surface area contributed by atoms with E-state index in [-0.39, 0.29) is 0 Å². The molecule has 0 heterocycles. The molecule has 0 bridgehead atoms. The summed E-state index contributed by atoms with van der Waals surface area (Å²) < 4.78 is 0. The highest BCUT2D eigenvalue weighted by molar-refractivity contribution is 5.76. The lowest BCUT2D eigenvalue weighted by molar-refractivity contribution is 1.23. The molecule has 0 amide bonds. The monoisotopic (exact) mass is 259 g/mol. The Hall–Kier alpha value is -2.90. The summed E-state index contributed by atoms with van der Waals surface area (Å²) in [5.74, 6) is 0. The van der Waals surface area contributed by atoms with E-state index in [1.54, 1.807) is 0 Å². The third-order valence-electron chi connectivity index (χ3n) is 2.95. The van der Waals surface area contributed by atoms with Crippen LogP contribution in [-0.4, -0.2) is 0 Å². The van der Waals surface area contributed by atoms with Crippen molar-refractivity contribution in [2.75, 3.05) is 5.73 Å². The average molecular weight is 259 g/mol. The Labute approximate surface area is 117 Å². The number of benzene rings is 2. The molecule has 3 rings (SSSR count). The minimum atomic E-state index is 0.722. The van der Waals surface area contributed by atoms with Crippen molar-refractivity contribution >= 4 is 22.6 Å². The Morgan fingerprint density at radius 1 is 0.800 bits per heavy atom. The third kappa shape index (κ3) is 2.74. The van der Waals surface area contributed by atoms with Crippen LogP contribution in [0.3, 0.4) is 0 Å². The van der Waals surface area contributed by atoms with Crippen LogP contribution in [0.2, 0.25) is 0 Å². The van der Waals surface area contributed by atoms with E-state index in [1.165, 1.54) is 0 Å². The standard InChI is InChI=1S/C17H13N3/c18-15-7-11-17(12-8-15)20-19-16-9-5-14(6-10-16)13-3-1-2-4-13/h1-3,5-12H,18H2. The summed E-state index contributed by atoms with van der Waals surface area (Å²) in [5, 5.41) is 8.37. The number of anilines is 1. The zero-order valence-corrected chi connectivity index (χ0v) is 10.8. The Morgan fingerprint density at radius 2 is 1.40 bits per heavy atom. The van der Waals surface area contributed by atoms with Crippen LogP contribution in [-0.2, 0) is 0 Å². The number of rotatable bonds is 3. The number of hydrogen-bond donors (Lipinski definition) is 1. The van der Waals surface area contributed by atoms with Crippen LogP contribution < -0.4 is 5.73 Å². The molecule has 2 aromatic rings. The zero-order chi connectivity index (χ0) is 13.8. The van der Waals surface area contributed by atoms with Gasteiger partial charge in [0.15, 0.2) is 0 Å². The molecule has 3 nitrogen and oxygen atoms in total. The molecule has 0 saturated carbocycles. The first-order chi connectivity index (χ1) is 9.81. The first-order valence-corrected chi connectivity index (χ1v) is 6.32. The van der Waals surface area contributed by atoms with E-state index in [0.717, 1.165) is 28.2 Å². The Kier molecular flexibility index (Phi) is 3.27. The molecule has 20 heavy (non-hydrogen) atoms. The third-order valence-corrected chi connectivity index (χ3v) is 2.95. The summed E-state index contributed by atoms with van der Waals surface area (Å²) in [5.41, 5.74) is 13.3. The quantitative estimate of drug-likeness (QED) is 0.480. The van der Waals surface area contributed by atoms with Gasteiger partial charge in [-0.15, -0.1) is 5.73 Å². The summed E-state index contributed by atoms with van der Waals surface area (Å²) >= 11 is 0. The number of nitrogens with zero attached hydrogens (tertiary/aromatic N) is 2. The highest BCUT2D eigenvalue weighted by Crippen LogP contribution is 2.23. The van der Waals surface area contributed by atoms with Crippen molar-refractivity contribution in [2.45, 2.75) is 0 Å². The van der Waals surface area contributed by atoms with Gasteiger partial charge in [-0.3, -0.25) is 0 Å². The van der Waals surface area contributed by atoms with Crippen LogP contribution >= 0.6 is 0 Å². The molecule has 0 aromatic heterocycles. The van der Waals surface area contributed by atoms with Crippen molar-refractivity contribution in [3.8, 4) is 0 Å². The molecule has 2 aromatic carbocycles. The summed E-state index contributed by atoms with van der Waals surface area (Å²) in [4.78, 5) is 0. The summed E-state index contributed by atoms with van der Waals surface area (Å²) in [7, 11) is 0. The summed E-state index contributed by atoms with van der Waals surface area (Å²) in [6.07, 6.45) is 5.92. The van der Waals surface area contributed by atoms with Gasteiger partial charge >= 0.3 is 0 Å². The highest BCUT2D eigenvalue weighted by Gasteiger charge is 1.99. The van der Waals surface area contributed by atoms with E-state index >= 15 is 0 Å². The number of allylic oxidation sites excluding steroid dienone is 3. The molecule has 0 saturated heterocycles. The van der Waals surface area contributed by atoms with Crippen molar-refractivity contribution in [3.05, 3.63) is 78.1 Å². The minimum absolute atomic E-state index is 0.722. The molecule has 0 aliphatic heterocycles. The van der Waals surface area contributed by atoms with Crippen LogP contribution in [0.4, 0.5) is 17.1 Å². The molecule has 0 atom stereocenters. The second-order valence-corrected chi connectivity index (χ2v) is 4.42. The van der Waals surface area contributed by atoms with Gasteiger partial charge in [0.05, 0.1) is 11.4 Å². The lowest BCUT2D eigenvalue weighted by Crippen LogP contribution is -1.80. The van der Waals surface area contributed by atoms with Crippen LogP contribution in [0.15, 0.2) is 82.7 Å². The molecule has 96 valence electrons. The van der Waals surface area contributed by atoms with E-state index in [0.29, 0.717) is 0 Å². The fraction of sp³-hybridized carbons (Fsp3) is 0. The lowest BCUT2D eigenvalue weighted by Gasteiger charge is -1.99. The van der Waals surface area contributed by atoms with Crippen molar-refractivity contribution in [3.63, 3.8) is 0 Å². The predicted octanol–water partition coefficient (Wildman–Crippen LogP) is 4.79. The fourth-order valence-electron chi connectivity index (χ4n) is 1.87. The molecule has 1 aliphatic rings. The average Bonchev–Trinajstić information content (AvgIpc) is 3.01. The lowest BCUT2D eigenvalue weighted by atomic mass is 10.1. The number of nitrogen functional groups attached to an aromatic ring is 1. The van der Waals surface area contributed by atoms with Gasteiger partial charge in [-0.25, -0.2) is 0 Å². The number of nitrogens with two attached hydrogens (primary N) is 1. The first-order valence-electron chi connectivity index (χ1n) is 6.32. The number of hydrogen-bond acceptors (Lipinski definition) is 3. The zero-order valence-electron chi connectivity index (χ0n) is 10.8. The topological polar surface area (TPSA) is 50.7 Å². The van der Waals surface area contributed by atoms with E-state index in [4.69, 9.17) is 5.73 Å². The van der Waals surface area contributed by atoms with Crippen molar-refractivity contribution in [2.24, 2.45) is 10.2 Å². The van der Waals surface area contributed by atoms with Gasteiger partial charge in [0.25, 0.3) is 0 Å². The maximum absolute atomic E-state index is 5.62. The van der Waals surface area contributed by atoms with Gasteiger partial charge in [-0.1, -0.05) is 18.2 Å². The Morgan fingerprint density at radius 3 is 1.95 bits per heavy atom. The Balaban J connectivity index is 1.76. The minimum Gasteiger partial charge on any atom is -0.399 e. The highest BCUT2D eigenvalue weighted by atomic mass is 15.1.